The molecule has 47 heavy (non-hydrogen) atoms. The number of aliphatic hydroxyl groups is 1. The molecular formula is C32H39N9O6. The van der Waals surface area contributed by atoms with Crippen molar-refractivity contribution in [2.45, 2.75) is 89.4 Å². The van der Waals surface area contributed by atoms with E-state index < -0.39 is 53.1 Å². The summed E-state index contributed by atoms with van der Waals surface area (Å²) in [5.41, 5.74) is 4.79. The van der Waals surface area contributed by atoms with Crippen molar-refractivity contribution in [3.05, 3.63) is 48.2 Å². The Labute approximate surface area is 271 Å². The first-order valence-electron chi connectivity index (χ1n) is 15.7. The van der Waals surface area contributed by atoms with Gasteiger partial charge in [0.05, 0.1) is 29.5 Å². The standard InChI is InChI=1S/C32H39N9O6/c1-18(27(42)28(33)43)36-30(45)25-14-21(41-26(16-35-39-41)32(2,3)47)17-40(25)31(46)24(13-19-7-5-4-6-8-19)38-29(44)23-10-9-20-15-34-12-11-22(20)37-23/h9-12,15-16,18-19,21,25,47H,4-8,13-14,17H2,1-3H3,(H2,33,43)(H,36,45)/b38-24+/t18?,21-,25-/m0/s1. The number of nitrogens with one attached hydrogen (secondary N) is 1. The Kier molecular flexibility index (Phi) is 9.84. The van der Waals surface area contributed by atoms with Crippen LogP contribution in [0.1, 0.15) is 87.9 Å². The number of likely N-dealkylation sites (tertiary alicyclic amines) is 1. The number of Topliss-reactive ketones (excluding diaryl/α,β-unsaturated/α-hetero) is 1. The van der Waals surface area contributed by atoms with Gasteiger partial charge < -0.3 is 21.1 Å². The fourth-order valence-electron chi connectivity index (χ4n) is 6.28. The first-order valence-corrected chi connectivity index (χ1v) is 15.7. The number of ketones is 1. The number of amides is 4. The molecule has 4 N–H and O–H groups in total. The van der Waals surface area contributed by atoms with Gasteiger partial charge in [0.15, 0.2) is 0 Å². The summed E-state index contributed by atoms with van der Waals surface area (Å²) in [6.07, 6.45) is 9.70. The van der Waals surface area contributed by atoms with Gasteiger partial charge in [-0.1, -0.05) is 37.3 Å². The van der Waals surface area contributed by atoms with Gasteiger partial charge in [-0.25, -0.2) is 14.7 Å². The summed E-state index contributed by atoms with van der Waals surface area (Å²) >= 11 is 0. The first-order chi connectivity index (χ1) is 22.3. The van der Waals surface area contributed by atoms with Crippen molar-refractivity contribution in [2.75, 3.05) is 6.54 Å². The molecule has 2 aliphatic rings. The minimum atomic E-state index is -1.33. The van der Waals surface area contributed by atoms with Crippen molar-refractivity contribution in [1.82, 2.24) is 35.2 Å². The maximum atomic E-state index is 14.4. The van der Waals surface area contributed by atoms with Crippen LogP contribution >= 0.6 is 0 Å². The molecule has 4 amide bonds. The zero-order chi connectivity index (χ0) is 33.9. The van der Waals surface area contributed by atoms with Crippen molar-refractivity contribution < 1.29 is 29.1 Å². The number of rotatable bonds is 10. The Morgan fingerprint density at radius 2 is 1.85 bits per heavy atom. The molecule has 15 nitrogen and oxygen atoms in total. The summed E-state index contributed by atoms with van der Waals surface area (Å²) in [6, 6.07) is 1.95. The summed E-state index contributed by atoms with van der Waals surface area (Å²) in [6.45, 7) is 4.44. The van der Waals surface area contributed by atoms with E-state index in [0.29, 0.717) is 11.2 Å². The lowest BCUT2D eigenvalue weighted by Gasteiger charge is -2.27. The molecule has 0 bridgehead atoms. The van der Waals surface area contributed by atoms with E-state index in [1.807, 2.05) is 0 Å². The maximum absolute atomic E-state index is 14.4. The molecule has 0 aromatic carbocycles. The average molecular weight is 646 g/mol. The van der Waals surface area contributed by atoms with E-state index in [1.165, 1.54) is 28.8 Å². The van der Waals surface area contributed by atoms with Crippen LogP contribution in [0.4, 0.5) is 0 Å². The van der Waals surface area contributed by atoms with Crippen LogP contribution in [0.5, 0.6) is 0 Å². The van der Waals surface area contributed by atoms with Crippen molar-refractivity contribution in [2.24, 2.45) is 16.6 Å². The number of hydrogen-bond donors (Lipinski definition) is 3. The minimum Gasteiger partial charge on any atom is -0.384 e. The highest BCUT2D eigenvalue weighted by molar-refractivity contribution is 6.41. The lowest BCUT2D eigenvalue weighted by Crippen LogP contribution is -2.52. The van der Waals surface area contributed by atoms with E-state index >= 15 is 0 Å². The number of hydrogen-bond acceptors (Lipinski definition) is 10. The van der Waals surface area contributed by atoms with Crippen LogP contribution in [0.2, 0.25) is 0 Å². The number of aromatic nitrogens is 5. The second-order valence-corrected chi connectivity index (χ2v) is 12.8. The lowest BCUT2D eigenvalue weighted by molar-refractivity contribution is -0.139. The Bertz CT molecular complexity index is 1720. The van der Waals surface area contributed by atoms with Gasteiger partial charge in [0, 0.05) is 30.7 Å². The Balaban J connectivity index is 1.50. The number of aliphatic imine (C=N–C) groups is 1. The van der Waals surface area contributed by atoms with Crippen LogP contribution in [0.15, 0.2) is 41.8 Å². The van der Waals surface area contributed by atoms with E-state index in [4.69, 9.17) is 5.73 Å². The topological polar surface area (TPSA) is 216 Å². The van der Waals surface area contributed by atoms with Gasteiger partial charge in [0.25, 0.3) is 17.7 Å². The number of carbonyl (C=O) groups excluding carboxylic acids is 5. The molecule has 0 radical (unpaired) electrons. The molecule has 2 fully saturated rings. The van der Waals surface area contributed by atoms with E-state index in [1.54, 1.807) is 38.4 Å². The van der Waals surface area contributed by atoms with Gasteiger partial charge in [-0.2, -0.15) is 0 Å². The Hall–Kier alpha value is -4.92. The van der Waals surface area contributed by atoms with E-state index in [9.17, 15) is 29.1 Å². The highest BCUT2D eigenvalue weighted by Gasteiger charge is 2.44. The molecule has 3 aromatic rings. The van der Waals surface area contributed by atoms with Crippen LogP contribution < -0.4 is 11.1 Å². The van der Waals surface area contributed by atoms with Crippen molar-refractivity contribution in [1.29, 1.82) is 0 Å². The summed E-state index contributed by atoms with van der Waals surface area (Å²) in [5, 5.41) is 22.1. The molecule has 1 saturated heterocycles. The molecule has 3 atom stereocenters. The average Bonchev–Trinajstić information content (AvgIpc) is 3.72. The number of primary amides is 1. The molecule has 1 aliphatic heterocycles. The molecule has 15 heteroatoms. The summed E-state index contributed by atoms with van der Waals surface area (Å²) in [4.78, 5) is 79.4. The largest absolute Gasteiger partial charge is 0.384 e. The predicted octanol–water partition coefficient (Wildman–Crippen LogP) is 1.40. The van der Waals surface area contributed by atoms with Gasteiger partial charge >= 0.3 is 0 Å². The highest BCUT2D eigenvalue weighted by Crippen LogP contribution is 2.33. The highest BCUT2D eigenvalue weighted by atomic mass is 16.3. The quantitative estimate of drug-likeness (QED) is 0.213. The predicted molar refractivity (Wildman–Crippen MR) is 169 cm³/mol. The van der Waals surface area contributed by atoms with E-state index in [0.717, 1.165) is 37.5 Å². The van der Waals surface area contributed by atoms with E-state index in [-0.39, 0.29) is 36.7 Å². The van der Waals surface area contributed by atoms with Crippen molar-refractivity contribution in [3.63, 3.8) is 0 Å². The fraction of sp³-hybridized carbons (Fsp3) is 0.500. The molecule has 1 unspecified atom stereocenters. The Morgan fingerprint density at radius 3 is 2.55 bits per heavy atom. The zero-order valence-electron chi connectivity index (χ0n) is 26.6. The molecule has 5 rings (SSSR count). The van der Waals surface area contributed by atoms with Crippen LogP contribution in [0.3, 0.4) is 0 Å². The smallest absolute Gasteiger partial charge is 0.296 e. The number of carbonyl (C=O) groups is 5. The SMILES string of the molecule is CC(NC(=O)[C@@H]1C[C@H](n2nncc2C(C)(C)O)CN1C(=O)/C(CC1CCCCC1)=N/C(=O)c1ccc2cnccc2n1)C(=O)C(N)=O. The van der Waals surface area contributed by atoms with Crippen molar-refractivity contribution in [3.8, 4) is 0 Å². The van der Waals surface area contributed by atoms with Gasteiger partial charge in [-0.05, 0) is 51.3 Å². The van der Waals surface area contributed by atoms with Crippen LogP contribution in [-0.4, -0.2) is 88.7 Å². The molecule has 3 aromatic heterocycles. The van der Waals surface area contributed by atoms with Gasteiger partial charge in [-0.15, -0.1) is 5.10 Å². The maximum Gasteiger partial charge on any atom is 0.296 e. The normalized spacial score (nSPS) is 19.8. The molecule has 1 aliphatic carbocycles. The molecule has 248 valence electrons. The Morgan fingerprint density at radius 1 is 1.11 bits per heavy atom. The third-order valence-corrected chi connectivity index (χ3v) is 8.78. The van der Waals surface area contributed by atoms with Gasteiger partial charge in [-0.3, -0.25) is 29.0 Å². The van der Waals surface area contributed by atoms with Gasteiger partial charge in [0.2, 0.25) is 11.7 Å². The second kappa shape index (κ2) is 13.8. The molecular weight excluding hydrogens is 606 g/mol. The number of nitrogens with two attached hydrogens (primary N) is 1. The fourth-order valence-corrected chi connectivity index (χ4v) is 6.28. The first kappa shape index (κ1) is 33.4. The van der Waals surface area contributed by atoms with Crippen molar-refractivity contribution >= 4 is 46.0 Å². The molecule has 4 heterocycles. The molecule has 0 spiro atoms. The van der Waals surface area contributed by atoms with Crippen LogP contribution in [0, 0.1) is 5.92 Å². The summed E-state index contributed by atoms with van der Waals surface area (Å²) < 4.78 is 1.47. The number of fused-ring (bicyclic) bond motifs is 1. The van der Waals surface area contributed by atoms with Crippen LogP contribution in [-0.2, 0) is 24.8 Å². The van der Waals surface area contributed by atoms with Crippen LogP contribution in [0.25, 0.3) is 10.9 Å². The van der Waals surface area contributed by atoms with Gasteiger partial charge in [0.1, 0.15) is 23.0 Å². The third kappa shape index (κ3) is 7.56. The van der Waals surface area contributed by atoms with E-state index in [2.05, 4.69) is 30.6 Å². The number of nitrogens with zero attached hydrogens (tertiary/aromatic N) is 7. The summed E-state index contributed by atoms with van der Waals surface area (Å²) in [7, 11) is 0. The third-order valence-electron chi connectivity index (χ3n) is 8.78. The number of pyridine rings is 2. The monoisotopic (exact) mass is 645 g/mol. The summed E-state index contributed by atoms with van der Waals surface area (Å²) in [5.74, 6) is -4.08. The minimum absolute atomic E-state index is 0.000428. The molecule has 1 saturated carbocycles. The second-order valence-electron chi connectivity index (χ2n) is 12.8. The zero-order valence-corrected chi connectivity index (χ0v) is 26.6. The lowest BCUT2D eigenvalue weighted by atomic mass is 9.85.